The molecule has 0 aromatic rings. The molecule has 0 bridgehead atoms. The van der Waals surface area contributed by atoms with Gasteiger partial charge in [0.25, 0.3) is 0 Å². The van der Waals surface area contributed by atoms with Crippen LogP contribution in [0.5, 0.6) is 0 Å². The van der Waals surface area contributed by atoms with Gasteiger partial charge >= 0.3 is 0 Å². The minimum Gasteiger partial charge on any atom is -0.0883 e. The molecule has 14 heavy (non-hydrogen) atoms. The van der Waals surface area contributed by atoms with Crippen LogP contribution in [0, 0.1) is 17.8 Å². The van der Waals surface area contributed by atoms with E-state index in [2.05, 4.69) is 32.9 Å². The smallest absolute Gasteiger partial charge is 0.0259 e. The molecule has 0 nitrogen and oxygen atoms in total. The maximum atomic E-state index is 2.45. The largest absolute Gasteiger partial charge is 0.0883 e. The van der Waals surface area contributed by atoms with Crippen LogP contribution in [0.25, 0.3) is 0 Å². The van der Waals surface area contributed by atoms with E-state index in [1.807, 2.05) is 0 Å². The summed E-state index contributed by atoms with van der Waals surface area (Å²) >= 11 is 0. The number of hydrogen-bond acceptors (Lipinski definition) is 0. The summed E-state index contributed by atoms with van der Waals surface area (Å²) in [5.74, 6) is 2.73. The van der Waals surface area contributed by atoms with Gasteiger partial charge in [0.1, 0.15) is 0 Å². The van der Waals surface area contributed by atoms with Gasteiger partial charge in [-0.1, -0.05) is 52.2 Å². The Kier molecular flexibility index (Phi) is 5.29. The highest BCUT2D eigenvalue weighted by molar-refractivity contribution is 4.91. The standard InChI is InChI=1S/C14H26/c1-4-5-10-14-11-12(2)8-6-7-9-13(14)3/h6,8,12-14H,4-5,7,9-11H2,1-3H3. The van der Waals surface area contributed by atoms with Crippen molar-refractivity contribution in [3.8, 4) is 0 Å². The Morgan fingerprint density at radius 3 is 2.79 bits per heavy atom. The second-order valence-corrected chi connectivity index (χ2v) is 5.10. The summed E-state index contributed by atoms with van der Waals surface area (Å²) in [5.41, 5.74) is 0. The summed E-state index contributed by atoms with van der Waals surface area (Å²) in [6, 6.07) is 0. The lowest BCUT2D eigenvalue weighted by atomic mass is 9.79. The van der Waals surface area contributed by atoms with Gasteiger partial charge < -0.3 is 0 Å². The number of allylic oxidation sites excluding steroid dienone is 2. The van der Waals surface area contributed by atoms with Gasteiger partial charge in [-0.25, -0.2) is 0 Å². The second-order valence-electron chi connectivity index (χ2n) is 5.10. The molecule has 0 amide bonds. The van der Waals surface area contributed by atoms with Crippen molar-refractivity contribution >= 4 is 0 Å². The average molecular weight is 194 g/mol. The molecule has 1 aliphatic carbocycles. The van der Waals surface area contributed by atoms with E-state index in [-0.39, 0.29) is 0 Å². The molecule has 0 aromatic carbocycles. The van der Waals surface area contributed by atoms with E-state index >= 15 is 0 Å². The topological polar surface area (TPSA) is 0 Å². The lowest BCUT2D eigenvalue weighted by Crippen LogP contribution is -2.16. The van der Waals surface area contributed by atoms with Gasteiger partial charge in [-0.3, -0.25) is 0 Å². The molecule has 0 aromatic heterocycles. The van der Waals surface area contributed by atoms with Gasteiger partial charge in [0, 0.05) is 0 Å². The Morgan fingerprint density at radius 2 is 2.07 bits per heavy atom. The van der Waals surface area contributed by atoms with Crippen molar-refractivity contribution < 1.29 is 0 Å². The van der Waals surface area contributed by atoms with E-state index < -0.39 is 0 Å². The van der Waals surface area contributed by atoms with Crippen LogP contribution in [-0.4, -0.2) is 0 Å². The van der Waals surface area contributed by atoms with Gasteiger partial charge in [0.05, 0.1) is 0 Å². The van der Waals surface area contributed by atoms with Crippen LogP contribution >= 0.6 is 0 Å². The van der Waals surface area contributed by atoms with Crippen molar-refractivity contribution in [3.05, 3.63) is 12.2 Å². The zero-order valence-electron chi connectivity index (χ0n) is 10.1. The summed E-state index contributed by atoms with van der Waals surface area (Å²) in [6.45, 7) is 7.12. The van der Waals surface area contributed by atoms with E-state index in [9.17, 15) is 0 Å². The van der Waals surface area contributed by atoms with Crippen molar-refractivity contribution in [1.82, 2.24) is 0 Å². The van der Waals surface area contributed by atoms with Crippen molar-refractivity contribution in [1.29, 1.82) is 0 Å². The molecule has 0 fully saturated rings. The summed E-state index contributed by atoms with van der Waals surface area (Å²) in [6.07, 6.45) is 13.2. The van der Waals surface area contributed by atoms with Crippen LogP contribution in [0.4, 0.5) is 0 Å². The van der Waals surface area contributed by atoms with Crippen molar-refractivity contribution in [2.24, 2.45) is 17.8 Å². The Morgan fingerprint density at radius 1 is 1.29 bits per heavy atom. The number of hydrogen-bond donors (Lipinski definition) is 0. The summed E-state index contributed by atoms with van der Waals surface area (Å²) in [4.78, 5) is 0. The highest BCUT2D eigenvalue weighted by atomic mass is 14.2. The molecule has 0 radical (unpaired) electrons. The molecule has 0 saturated heterocycles. The molecular weight excluding hydrogens is 168 g/mol. The predicted molar refractivity (Wildman–Crippen MR) is 64.3 cm³/mol. The zero-order chi connectivity index (χ0) is 10.4. The zero-order valence-corrected chi connectivity index (χ0v) is 10.1. The fraction of sp³-hybridized carbons (Fsp3) is 0.857. The number of unbranched alkanes of at least 4 members (excludes halogenated alkanes) is 1. The molecule has 1 rings (SSSR count). The first-order chi connectivity index (χ1) is 6.74. The Hall–Kier alpha value is -0.260. The Bertz CT molecular complexity index is 169. The maximum absolute atomic E-state index is 2.45. The lowest BCUT2D eigenvalue weighted by Gasteiger charge is -2.27. The third-order valence-corrected chi connectivity index (χ3v) is 3.66. The van der Waals surface area contributed by atoms with Gasteiger partial charge in [0.15, 0.2) is 0 Å². The normalized spacial score (nSPS) is 33.8. The van der Waals surface area contributed by atoms with Crippen molar-refractivity contribution in [2.45, 2.75) is 59.3 Å². The number of rotatable bonds is 3. The fourth-order valence-electron chi connectivity index (χ4n) is 2.58. The minimum atomic E-state index is 0.805. The van der Waals surface area contributed by atoms with E-state index in [0.717, 1.165) is 17.8 Å². The van der Waals surface area contributed by atoms with Gasteiger partial charge in [-0.15, -0.1) is 0 Å². The molecule has 3 unspecified atom stereocenters. The molecular formula is C14H26. The van der Waals surface area contributed by atoms with Crippen LogP contribution < -0.4 is 0 Å². The molecule has 82 valence electrons. The van der Waals surface area contributed by atoms with E-state index in [0.29, 0.717) is 0 Å². The minimum absolute atomic E-state index is 0.805. The van der Waals surface area contributed by atoms with Crippen LogP contribution in [0.1, 0.15) is 59.3 Å². The molecule has 0 aliphatic heterocycles. The van der Waals surface area contributed by atoms with Gasteiger partial charge in [0.2, 0.25) is 0 Å². The Labute approximate surface area is 89.8 Å². The third kappa shape index (κ3) is 3.86. The molecule has 3 atom stereocenters. The third-order valence-electron chi connectivity index (χ3n) is 3.66. The van der Waals surface area contributed by atoms with Crippen LogP contribution in [0.2, 0.25) is 0 Å². The monoisotopic (exact) mass is 194 g/mol. The van der Waals surface area contributed by atoms with Crippen molar-refractivity contribution in [3.63, 3.8) is 0 Å². The average Bonchev–Trinajstić information content (AvgIpc) is 2.16. The fourth-order valence-corrected chi connectivity index (χ4v) is 2.58. The first-order valence-electron chi connectivity index (χ1n) is 6.40. The van der Waals surface area contributed by atoms with Gasteiger partial charge in [-0.05, 0) is 37.0 Å². The quantitative estimate of drug-likeness (QED) is 0.566. The predicted octanol–water partition coefficient (Wildman–Crippen LogP) is 4.81. The van der Waals surface area contributed by atoms with E-state index in [4.69, 9.17) is 0 Å². The van der Waals surface area contributed by atoms with E-state index in [1.165, 1.54) is 38.5 Å². The van der Waals surface area contributed by atoms with E-state index in [1.54, 1.807) is 0 Å². The molecule has 1 aliphatic rings. The van der Waals surface area contributed by atoms with Crippen LogP contribution in [0.3, 0.4) is 0 Å². The first kappa shape index (κ1) is 11.8. The molecule has 0 heteroatoms. The molecule has 0 spiro atoms. The first-order valence-corrected chi connectivity index (χ1v) is 6.40. The molecule has 0 N–H and O–H groups in total. The SMILES string of the molecule is CCCCC1CC(C)C=CCCC1C. The summed E-state index contributed by atoms with van der Waals surface area (Å²) < 4.78 is 0. The molecule has 0 heterocycles. The summed E-state index contributed by atoms with van der Waals surface area (Å²) in [5, 5.41) is 0. The van der Waals surface area contributed by atoms with Gasteiger partial charge in [-0.2, -0.15) is 0 Å². The van der Waals surface area contributed by atoms with Crippen LogP contribution in [-0.2, 0) is 0 Å². The Balaban J connectivity index is 2.46. The highest BCUT2D eigenvalue weighted by Crippen LogP contribution is 2.31. The lowest BCUT2D eigenvalue weighted by molar-refractivity contribution is 0.268. The van der Waals surface area contributed by atoms with Crippen LogP contribution in [0.15, 0.2) is 12.2 Å². The summed E-state index contributed by atoms with van der Waals surface area (Å²) in [7, 11) is 0. The highest BCUT2D eigenvalue weighted by Gasteiger charge is 2.19. The van der Waals surface area contributed by atoms with Crippen molar-refractivity contribution in [2.75, 3.05) is 0 Å². The second kappa shape index (κ2) is 6.27. The maximum Gasteiger partial charge on any atom is -0.0259 e. The molecule has 0 saturated carbocycles.